The van der Waals surface area contributed by atoms with E-state index in [4.69, 9.17) is 5.73 Å². The fraction of sp³-hybridized carbons (Fsp3) is 0.385. The van der Waals surface area contributed by atoms with Crippen LogP contribution in [0.1, 0.15) is 45.1 Å². The lowest BCUT2D eigenvalue weighted by atomic mass is 9.94. The summed E-state index contributed by atoms with van der Waals surface area (Å²) in [7, 11) is -3.77. The van der Waals surface area contributed by atoms with E-state index in [2.05, 4.69) is 25.9 Å². The first-order valence-electron chi connectivity index (χ1n) is 12.4. The van der Waals surface area contributed by atoms with Gasteiger partial charge in [0.25, 0.3) is 0 Å². The minimum atomic E-state index is -3.77. The predicted octanol–water partition coefficient (Wildman–Crippen LogP) is 2.99. The van der Waals surface area contributed by atoms with Gasteiger partial charge in [-0.1, -0.05) is 6.07 Å². The van der Waals surface area contributed by atoms with Gasteiger partial charge in [-0.2, -0.15) is 10.4 Å². The maximum Gasteiger partial charge on any atom is 0.240 e. The fourth-order valence-corrected chi connectivity index (χ4v) is 6.02. The molecule has 0 bridgehead atoms. The second-order valence-corrected chi connectivity index (χ2v) is 12.0. The zero-order chi connectivity index (χ0) is 27.2. The highest BCUT2D eigenvalue weighted by Gasteiger charge is 2.26. The molecule has 3 aromatic heterocycles. The summed E-state index contributed by atoms with van der Waals surface area (Å²) in [5, 5.41) is 23.5. The second kappa shape index (κ2) is 9.50. The number of imidazole rings is 1. The first-order chi connectivity index (χ1) is 18.0. The molecule has 0 amide bonds. The van der Waals surface area contributed by atoms with Crippen LogP contribution in [0.2, 0.25) is 0 Å². The number of benzene rings is 1. The summed E-state index contributed by atoms with van der Waals surface area (Å²) >= 11 is 0. The minimum Gasteiger partial charge on any atom is -0.393 e. The van der Waals surface area contributed by atoms with E-state index in [9.17, 15) is 18.8 Å². The molecular formula is C26H30N8O3S. The van der Waals surface area contributed by atoms with Gasteiger partial charge in [0.1, 0.15) is 5.54 Å². The minimum absolute atomic E-state index is 0.154. The molecule has 1 fully saturated rings. The van der Waals surface area contributed by atoms with E-state index in [0.29, 0.717) is 53.8 Å². The number of aliphatic hydroxyl groups is 1. The van der Waals surface area contributed by atoms with E-state index in [1.165, 1.54) is 0 Å². The third kappa shape index (κ3) is 4.76. The van der Waals surface area contributed by atoms with Crippen LogP contribution in [0, 0.1) is 18.3 Å². The molecule has 198 valence electrons. The molecule has 0 spiro atoms. The molecule has 38 heavy (non-hydrogen) atoms. The molecule has 5 rings (SSSR count). The Labute approximate surface area is 221 Å². The van der Waals surface area contributed by atoms with Crippen molar-refractivity contribution in [3.63, 3.8) is 0 Å². The van der Waals surface area contributed by atoms with Crippen LogP contribution >= 0.6 is 0 Å². The smallest absolute Gasteiger partial charge is 0.240 e. The SMILES string of the molecule is Cc1ccc(S(=O)(=O)N[C@H]2CC[C@H](O)CC2)cc1-c1cnc2c(N)nc(-c3cnn(C(C)(C)C#N)c3)cn12. The van der Waals surface area contributed by atoms with Crippen LogP contribution in [0.5, 0.6) is 0 Å². The van der Waals surface area contributed by atoms with E-state index < -0.39 is 15.6 Å². The Bertz CT molecular complexity index is 1660. The zero-order valence-corrected chi connectivity index (χ0v) is 22.3. The number of hydrogen-bond acceptors (Lipinski definition) is 8. The van der Waals surface area contributed by atoms with Crippen molar-refractivity contribution in [2.45, 2.75) is 69.0 Å². The molecule has 3 heterocycles. The Balaban J connectivity index is 1.54. The highest BCUT2D eigenvalue weighted by atomic mass is 32.2. The number of hydrogen-bond donors (Lipinski definition) is 3. The van der Waals surface area contributed by atoms with Gasteiger partial charge in [0.05, 0.1) is 40.9 Å². The van der Waals surface area contributed by atoms with Crippen molar-refractivity contribution >= 4 is 21.5 Å². The van der Waals surface area contributed by atoms with Crippen LogP contribution in [-0.2, 0) is 15.6 Å². The summed E-state index contributed by atoms with van der Waals surface area (Å²) in [6, 6.07) is 7.02. The number of aryl methyl sites for hydroxylation is 1. The first kappa shape index (κ1) is 25.8. The number of nitrogens with zero attached hydrogens (tertiary/aromatic N) is 6. The van der Waals surface area contributed by atoms with Crippen LogP contribution in [0.15, 0.2) is 47.9 Å². The monoisotopic (exact) mass is 534 g/mol. The van der Waals surface area contributed by atoms with Gasteiger partial charge in [-0.3, -0.25) is 9.08 Å². The number of fused-ring (bicyclic) bond motifs is 1. The maximum absolute atomic E-state index is 13.2. The standard InChI is InChI=1S/C26H30N8O3S/c1-16-4-9-20(38(36,37)32-18-5-7-19(35)8-6-18)10-21(16)23-12-29-25-24(28)31-22(14-33(23)25)17-11-30-34(13-17)26(2,3)15-27/h4,9-14,18-19,32,35H,5-8H2,1-3H3,(H2,28,31)/t18-,19-. The molecule has 4 aromatic rings. The molecule has 11 nitrogen and oxygen atoms in total. The van der Waals surface area contributed by atoms with Crippen LogP contribution in [0.25, 0.3) is 28.2 Å². The lowest BCUT2D eigenvalue weighted by molar-refractivity contribution is 0.120. The predicted molar refractivity (Wildman–Crippen MR) is 142 cm³/mol. The molecule has 1 aromatic carbocycles. The molecule has 1 saturated carbocycles. The van der Waals surface area contributed by atoms with Gasteiger partial charge in [-0.15, -0.1) is 0 Å². The average molecular weight is 535 g/mol. The van der Waals surface area contributed by atoms with E-state index in [1.54, 1.807) is 65.9 Å². The first-order valence-corrected chi connectivity index (χ1v) is 13.9. The summed E-state index contributed by atoms with van der Waals surface area (Å²) < 4.78 is 32.6. The van der Waals surface area contributed by atoms with Gasteiger partial charge >= 0.3 is 0 Å². The maximum atomic E-state index is 13.2. The van der Waals surface area contributed by atoms with Crippen molar-refractivity contribution in [3.8, 4) is 28.6 Å². The van der Waals surface area contributed by atoms with Crippen LogP contribution in [-0.4, -0.2) is 49.8 Å². The van der Waals surface area contributed by atoms with Crippen molar-refractivity contribution < 1.29 is 13.5 Å². The van der Waals surface area contributed by atoms with Crippen LogP contribution < -0.4 is 10.5 Å². The van der Waals surface area contributed by atoms with Crippen LogP contribution in [0.4, 0.5) is 5.82 Å². The molecular weight excluding hydrogens is 504 g/mol. The third-order valence-electron chi connectivity index (χ3n) is 7.06. The van der Waals surface area contributed by atoms with E-state index in [1.807, 2.05) is 6.92 Å². The summed E-state index contributed by atoms with van der Waals surface area (Å²) in [5.41, 5.74) is 9.31. The fourth-order valence-electron chi connectivity index (χ4n) is 4.69. The van der Waals surface area contributed by atoms with Crippen molar-refractivity contribution in [1.82, 2.24) is 28.9 Å². The molecule has 0 unspecified atom stereocenters. The summed E-state index contributed by atoms with van der Waals surface area (Å²) in [6.07, 6.45) is 8.79. The number of aliphatic hydroxyl groups excluding tert-OH is 1. The van der Waals surface area contributed by atoms with Gasteiger partial charge in [0.2, 0.25) is 10.0 Å². The average Bonchev–Trinajstić information content (AvgIpc) is 3.54. The van der Waals surface area contributed by atoms with Gasteiger partial charge < -0.3 is 10.8 Å². The summed E-state index contributed by atoms with van der Waals surface area (Å²) in [6.45, 7) is 5.43. The number of nitriles is 1. The Morgan fingerprint density at radius 1 is 1.18 bits per heavy atom. The Morgan fingerprint density at radius 2 is 1.92 bits per heavy atom. The molecule has 1 aliphatic rings. The highest BCUT2D eigenvalue weighted by molar-refractivity contribution is 7.89. The lowest BCUT2D eigenvalue weighted by Crippen LogP contribution is -2.38. The van der Waals surface area contributed by atoms with Gasteiger partial charge in [-0.25, -0.2) is 23.1 Å². The number of nitrogens with two attached hydrogens (primary N) is 1. The molecule has 0 aliphatic heterocycles. The molecule has 12 heteroatoms. The number of nitrogens with one attached hydrogen (secondary N) is 1. The van der Waals surface area contributed by atoms with Gasteiger partial charge in [0, 0.05) is 29.6 Å². The lowest BCUT2D eigenvalue weighted by Gasteiger charge is -2.26. The molecule has 0 atom stereocenters. The Kier molecular flexibility index (Phi) is 6.46. The topological polar surface area (TPSA) is 164 Å². The highest BCUT2D eigenvalue weighted by Crippen LogP contribution is 2.31. The summed E-state index contributed by atoms with van der Waals surface area (Å²) in [4.78, 5) is 9.08. The van der Waals surface area contributed by atoms with Crippen molar-refractivity contribution in [3.05, 3.63) is 48.5 Å². The largest absolute Gasteiger partial charge is 0.393 e. The molecule has 0 radical (unpaired) electrons. The van der Waals surface area contributed by atoms with Gasteiger partial charge in [0.15, 0.2) is 11.5 Å². The van der Waals surface area contributed by atoms with E-state index in [0.717, 1.165) is 5.56 Å². The second-order valence-electron chi connectivity index (χ2n) is 10.3. The number of anilines is 1. The van der Waals surface area contributed by atoms with Crippen molar-refractivity contribution in [1.29, 1.82) is 5.26 Å². The van der Waals surface area contributed by atoms with Gasteiger partial charge in [-0.05, 0) is 64.2 Å². The van der Waals surface area contributed by atoms with E-state index >= 15 is 0 Å². The van der Waals surface area contributed by atoms with E-state index in [-0.39, 0.29) is 22.9 Å². The number of sulfonamides is 1. The Hall–Kier alpha value is -3.79. The van der Waals surface area contributed by atoms with Crippen molar-refractivity contribution in [2.75, 3.05) is 5.73 Å². The summed E-state index contributed by atoms with van der Waals surface area (Å²) in [5.74, 6) is 0.212. The molecule has 0 saturated heterocycles. The molecule has 1 aliphatic carbocycles. The number of aromatic nitrogens is 5. The Morgan fingerprint density at radius 3 is 2.63 bits per heavy atom. The van der Waals surface area contributed by atoms with Crippen LogP contribution in [0.3, 0.4) is 0 Å². The number of nitrogen functional groups attached to an aromatic ring is 1. The van der Waals surface area contributed by atoms with Crippen molar-refractivity contribution in [2.24, 2.45) is 0 Å². The number of rotatable bonds is 6. The normalized spacial score (nSPS) is 18.5. The molecule has 4 N–H and O–H groups in total. The quantitative estimate of drug-likeness (QED) is 0.340. The third-order valence-corrected chi connectivity index (χ3v) is 8.57. The zero-order valence-electron chi connectivity index (χ0n) is 21.5.